The van der Waals surface area contributed by atoms with Gasteiger partial charge >= 0.3 is 0 Å². The molecule has 162 valence electrons. The van der Waals surface area contributed by atoms with Gasteiger partial charge in [-0.2, -0.15) is 0 Å². The lowest BCUT2D eigenvalue weighted by Gasteiger charge is -2.40. The zero-order valence-electron chi connectivity index (χ0n) is 17.4. The fraction of sp³-hybridized carbons (Fsp3) is 0.500. The van der Waals surface area contributed by atoms with Gasteiger partial charge in [-0.15, -0.1) is 0 Å². The number of ether oxygens (including phenoxy) is 2. The second kappa shape index (κ2) is 8.29. The lowest BCUT2D eigenvalue weighted by Crippen LogP contribution is -2.55. The Labute approximate surface area is 176 Å². The smallest absolute Gasteiger partial charge is 0.119 e. The Bertz CT molecular complexity index is 874. The summed E-state index contributed by atoms with van der Waals surface area (Å²) in [5, 5.41) is 40.2. The molecule has 2 fully saturated rings. The molecule has 30 heavy (non-hydrogen) atoms. The van der Waals surface area contributed by atoms with Crippen LogP contribution in [0, 0.1) is 6.92 Å². The predicted octanol–water partition coefficient (Wildman–Crippen LogP) is 1.99. The van der Waals surface area contributed by atoms with Gasteiger partial charge in [0, 0.05) is 5.41 Å². The predicted molar refractivity (Wildman–Crippen MR) is 112 cm³/mol. The summed E-state index contributed by atoms with van der Waals surface area (Å²) >= 11 is 0. The van der Waals surface area contributed by atoms with E-state index >= 15 is 0 Å². The lowest BCUT2D eigenvalue weighted by molar-refractivity contribution is -0.231. The Balaban J connectivity index is 1.67. The molecule has 6 heteroatoms. The van der Waals surface area contributed by atoms with Gasteiger partial charge in [-0.3, -0.25) is 0 Å². The van der Waals surface area contributed by atoms with Gasteiger partial charge in [-0.05, 0) is 61.1 Å². The Kier molecular flexibility index (Phi) is 5.88. The summed E-state index contributed by atoms with van der Waals surface area (Å²) in [6.45, 7) is 4.23. The first-order valence-corrected chi connectivity index (χ1v) is 10.6. The maximum absolute atomic E-state index is 10.5. The van der Waals surface area contributed by atoms with Gasteiger partial charge in [0.05, 0.1) is 13.2 Å². The highest BCUT2D eigenvalue weighted by Gasteiger charge is 2.48. The first kappa shape index (κ1) is 21.3. The van der Waals surface area contributed by atoms with Gasteiger partial charge in [0.25, 0.3) is 0 Å². The fourth-order valence-electron chi connectivity index (χ4n) is 4.58. The van der Waals surface area contributed by atoms with Crippen molar-refractivity contribution in [2.24, 2.45) is 0 Å². The largest absolute Gasteiger partial charge is 0.494 e. The van der Waals surface area contributed by atoms with E-state index in [1.165, 1.54) is 11.1 Å². The number of hydrogen-bond acceptors (Lipinski definition) is 6. The third kappa shape index (κ3) is 3.63. The van der Waals surface area contributed by atoms with E-state index in [4.69, 9.17) is 9.47 Å². The van der Waals surface area contributed by atoms with Crippen molar-refractivity contribution in [1.82, 2.24) is 0 Å². The van der Waals surface area contributed by atoms with Crippen LogP contribution in [-0.4, -0.2) is 58.1 Å². The molecule has 0 radical (unpaired) electrons. The molecular weight excluding hydrogens is 384 g/mol. The van der Waals surface area contributed by atoms with Gasteiger partial charge in [-0.25, -0.2) is 0 Å². The minimum absolute atomic E-state index is 0.0844. The average Bonchev–Trinajstić information content (AvgIpc) is 3.55. The molecule has 4 N–H and O–H groups in total. The van der Waals surface area contributed by atoms with Crippen LogP contribution in [0.15, 0.2) is 42.5 Å². The fourth-order valence-corrected chi connectivity index (χ4v) is 4.58. The molecule has 1 saturated heterocycles. The molecule has 4 rings (SSSR count). The normalized spacial score (nSPS) is 30.1. The minimum Gasteiger partial charge on any atom is -0.494 e. The average molecular weight is 414 g/mol. The van der Waals surface area contributed by atoms with Gasteiger partial charge < -0.3 is 29.9 Å². The number of aryl methyl sites for hydroxylation is 1. The highest BCUT2D eigenvalue weighted by Crippen LogP contribution is 2.55. The van der Waals surface area contributed by atoms with E-state index in [2.05, 4.69) is 19.1 Å². The van der Waals surface area contributed by atoms with E-state index in [1.807, 2.05) is 37.3 Å². The lowest BCUT2D eigenvalue weighted by atomic mass is 9.82. The van der Waals surface area contributed by atoms with E-state index in [0.29, 0.717) is 6.61 Å². The Morgan fingerprint density at radius 2 is 1.70 bits per heavy atom. The summed E-state index contributed by atoms with van der Waals surface area (Å²) in [6.07, 6.45) is -3.70. The minimum atomic E-state index is -1.38. The molecule has 1 aliphatic carbocycles. The second-order valence-corrected chi connectivity index (χ2v) is 8.36. The van der Waals surface area contributed by atoms with E-state index in [-0.39, 0.29) is 5.41 Å². The zero-order valence-corrected chi connectivity index (χ0v) is 17.4. The maximum Gasteiger partial charge on any atom is 0.119 e. The van der Waals surface area contributed by atoms with Crippen molar-refractivity contribution in [3.8, 4) is 5.75 Å². The van der Waals surface area contributed by atoms with Crippen molar-refractivity contribution in [3.63, 3.8) is 0 Å². The van der Waals surface area contributed by atoms with Crippen LogP contribution in [0.25, 0.3) is 0 Å². The molecule has 2 aliphatic rings. The third-order valence-electron chi connectivity index (χ3n) is 6.47. The van der Waals surface area contributed by atoms with Crippen molar-refractivity contribution >= 4 is 0 Å². The maximum atomic E-state index is 10.5. The number of hydrogen-bond donors (Lipinski definition) is 4. The summed E-state index contributed by atoms with van der Waals surface area (Å²) in [5.41, 5.74) is 4.18. The molecule has 0 amide bonds. The summed E-state index contributed by atoms with van der Waals surface area (Å²) in [7, 11) is 0. The number of rotatable bonds is 6. The van der Waals surface area contributed by atoms with Gasteiger partial charge in [0.1, 0.15) is 36.3 Å². The van der Waals surface area contributed by atoms with E-state index in [9.17, 15) is 20.4 Å². The first-order valence-electron chi connectivity index (χ1n) is 10.6. The monoisotopic (exact) mass is 414 g/mol. The molecule has 6 nitrogen and oxygen atoms in total. The van der Waals surface area contributed by atoms with Crippen molar-refractivity contribution in [3.05, 3.63) is 64.7 Å². The SMILES string of the molecule is CCOc1ccc(C2(c3cc([C@@H]4O[C@H](CO)[C@@H](O)[C@H](O)[C@H]4O)ccc3C)CC2)cc1. The van der Waals surface area contributed by atoms with Crippen LogP contribution >= 0.6 is 0 Å². The van der Waals surface area contributed by atoms with Crippen molar-refractivity contribution < 1.29 is 29.9 Å². The Hall–Kier alpha value is -1.96. The molecule has 2 aromatic carbocycles. The highest BCUT2D eigenvalue weighted by atomic mass is 16.5. The van der Waals surface area contributed by atoms with Crippen molar-refractivity contribution in [1.29, 1.82) is 0 Å². The molecule has 5 atom stereocenters. The van der Waals surface area contributed by atoms with Gasteiger partial charge in [0.2, 0.25) is 0 Å². The molecule has 1 aliphatic heterocycles. The number of aliphatic hydroxyl groups is 4. The zero-order chi connectivity index (χ0) is 21.5. The van der Waals surface area contributed by atoms with Crippen LogP contribution in [0.5, 0.6) is 5.75 Å². The molecule has 0 unspecified atom stereocenters. The van der Waals surface area contributed by atoms with Gasteiger partial charge in [0.15, 0.2) is 0 Å². The molecule has 1 heterocycles. The van der Waals surface area contributed by atoms with Crippen LogP contribution in [-0.2, 0) is 10.2 Å². The van der Waals surface area contributed by atoms with Crippen LogP contribution < -0.4 is 4.74 Å². The van der Waals surface area contributed by atoms with E-state index < -0.39 is 37.1 Å². The van der Waals surface area contributed by atoms with Crippen molar-refractivity contribution in [2.45, 2.75) is 62.6 Å². The molecule has 2 aromatic rings. The molecule has 1 saturated carbocycles. The van der Waals surface area contributed by atoms with Crippen LogP contribution in [0.1, 0.15) is 48.1 Å². The first-order chi connectivity index (χ1) is 14.4. The van der Waals surface area contributed by atoms with Crippen molar-refractivity contribution in [2.75, 3.05) is 13.2 Å². The van der Waals surface area contributed by atoms with E-state index in [1.54, 1.807) is 0 Å². The highest BCUT2D eigenvalue weighted by molar-refractivity contribution is 5.51. The number of benzene rings is 2. The molecule has 0 bridgehead atoms. The summed E-state index contributed by atoms with van der Waals surface area (Å²) in [5.74, 6) is 0.851. The Morgan fingerprint density at radius 1 is 1.00 bits per heavy atom. The topological polar surface area (TPSA) is 99.4 Å². The summed E-state index contributed by atoms with van der Waals surface area (Å²) in [4.78, 5) is 0. The third-order valence-corrected chi connectivity index (χ3v) is 6.47. The molecule has 0 aromatic heterocycles. The number of aliphatic hydroxyl groups excluding tert-OH is 4. The van der Waals surface area contributed by atoms with E-state index in [0.717, 1.165) is 29.7 Å². The summed E-state index contributed by atoms with van der Waals surface area (Å²) in [6, 6.07) is 14.1. The second-order valence-electron chi connectivity index (χ2n) is 8.36. The Morgan fingerprint density at radius 3 is 2.30 bits per heavy atom. The summed E-state index contributed by atoms with van der Waals surface area (Å²) < 4.78 is 11.3. The standard InChI is InChI=1S/C24H30O6/c1-3-29-17-8-6-16(7-9-17)24(10-11-24)18-12-15(5-4-14(18)2)23-22(28)21(27)20(26)19(13-25)30-23/h4-9,12,19-23,25-28H,3,10-11,13H2,1-2H3/t19-,20-,21+,22-,23+/m1/s1. The van der Waals surface area contributed by atoms with Crippen LogP contribution in [0.2, 0.25) is 0 Å². The quantitative estimate of drug-likeness (QED) is 0.577. The van der Waals surface area contributed by atoms with Crippen LogP contribution in [0.3, 0.4) is 0 Å². The van der Waals surface area contributed by atoms with Gasteiger partial charge in [-0.1, -0.05) is 30.3 Å². The molecule has 0 spiro atoms. The molecular formula is C24H30O6. The van der Waals surface area contributed by atoms with Crippen LogP contribution in [0.4, 0.5) is 0 Å².